The summed E-state index contributed by atoms with van der Waals surface area (Å²) in [5, 5.41) is 3.29. The number of benzene rings is 1. The first-order chi connectivity index (χ1) is 8.79. The van der Waals surface area contributed by atoms with E-state index in [0.29, 0.717) is 6.54 Å². The zero-order valence-electron chi connectivity index (χ0n) is 10.0. The molecule has 0 bridgehead atoms. The van der Waals surface area contributed by atoms with E-state index in [9.17, 15) is 4.39 Å². The molecule has 0 saturated heterocycles. The molecule has 2 aromatic rings. The SMILES string of the molecule is CCCNCc1cc(F)ccc1Sc1ncns1. The molecule has 0 aliphatic heterocycles. The fraction of sp³-hybridized carbons (Fsp3) is 0.333. The molecule has 0 atom stereocenters. The predicted octanol–water partition coefficient (Wildman–Crippen LogP) is 3.33. The van der Waals surface area contributed by atoms with Crippen LogP contribution in [0, 0.1) is 5.82 Å². The van der Waals surface area contributed by atoms with Crippen molar-refractivity contribution in [3.8, 4) is 0 Å². The van der Waals surface area contributed by atoms with Gasteiger partial charge in [0, 0.05) is 11.4 Å². The molecule has 6 heteroatoms. The van der Waals surface area contributed by atoms with Gasteiger partial charge in [0.1, 0.15) is 12.1 Å². The molecule has 0 aliphatic carbocycles. The van der Waals surface area contributed by atoms with E-state index in [0.717, 1.165) is 27.8 Å². The Morgan fingerprint density at radius 1 is 1.44 bits per heavy atom. The molecule has 18 heavy (non-hydrogen) atoms. The molecule has 0 spiro atoms. The molecule has 0 saturated carbocycles. The summed E-state index contributed by atoms with van der Waals surface area (Å²) in [7, 11) is 0. The second-order valence-electron chi connectivity index (χ2n) is 3.74. The maximum atomic E-state index is 13.3. The maximum absolute atomic E-state index is 13.3. The summed E-state index contributed by atoms with van der Waals surface area (Å²) in [5.74, 6) is -0.204. The first kappa shape index (κ1) is 13.5. The Morgan fingerprint density at radius 3 is 3.06 bits per heavy atom. The quantitative estimate of drug-likeness (QED) is 0.825. The van der Waals surface area contributed by atoms with Crippen LogP contribution in [0.3, 0.4) is 0 Å². The van der Waals surface area contributed by atoms with Crippen LogP contribution in [0.4, 0.5) is 4.39 Å². The number of hydrogen-bond acceptors (Lipinski definition) is 5. The lowest BCUT2D eigenvalue weighted by Gasteiger charge is -2.08. The first-order valence-electron chi connectivity index (χ1n) is 5.73. The van der Waals surface area contributed by atoms with E-state index in [4.69, 9.17) is 0 Å². The Bertz CT molecular complexity index is 488. The van der Waals surface area contributed by atoms with Gasteiger partial charge in [0.2, 0.25) is 0 Å². The van der Waals surface area contributed by atoms with Gasteiger partial charge in [-0.3, -0.25) is 0 Å². The van der Waals surface area contributed by atoms with Gasteiger partial charge in [-0.2, -0.15) is 4.37 Å². The summed E-state index contributed by atoms with van der Waals surface area (Å²) < 4.78 is 18.1. The van der Waals surface area contributed by atoms with Crippen molar-refractivity contribution in [1.29, 1.82) is 0 Å². The zero-order chi connectivity index (χ0) is 12.8. The van der Waals surface area contributed by atoms with Crippen molar-refractivity contribution in [2.75, 3.05) is 6.54 Å². The molecule has 96 valence electrons. The molecule has 1 aromatic heterocycles. The van der Waals surface area contributed by atoms with Gasteiger partial charge in [-0.15, -0.1) is 0 Å². The van der Waals surface area contributed by atoms with Gasteiger partial charge in [-0.1, -0.05) is 18.7 Å². The lowest BCUT2D eigenvalue weighted by molar-refractivity contribution is 0.615. The second-order valence-corrected chi connectivity index (χ2v) is 5.81. The number of aromatic nitrogens is 2. The van der Waals surface area contributed by atoms with Crippen molar-refractivity contribution >= 4 is 23.3 Å². The van der Waals surface area contributed by atoms with Crippen LogP contribution in [-0.4, -0.2) is 15.9 Å². The van der Waals surface area contributed by atoms with E-state index >= 15 is 0 Å². The molecule has 0 fully saturated rings. The van der Waals surface area contributed by atoms with Crippen molar-refractivity contribution in [3.05, 3.63) is 35.9 Å². The minimum atomic E-state index is -0.204. The van der Waals surface area contributed by atoms with Crippen molar-refractivity contribution in [2.45, 2.75) is 29.1 Å². The third-order valence-electron chi connectivity index (χ3n) is 2.30. The molecule has 0 unspecified atom stereocenters. The summed E-state index contributed by atoms with van der Waals surface area (Å²) >= 11 is 2.87. The number of nitrogens with zero attached hydrogens (tertiary/aromatic N) is 2. The Kier molecular flexibility index (Phi) is 5.10. The normalized spacial score (nSPS) is 10.8. The fourth-order valence-corrected chi connectivity index (χ4v) is 3.00. The van der Waals surface area contributed by atoms with Gasteiger partial charge >= 0.3 is 0 Å². The third kappa shape index (κ3) is 3.76. The van der Waals surface area contributed by atoms with Crippen molar-refractivity contribution in [1.82, 2.24) is 14.7 Å². The first-order valence-corrected chi connectivity index (χ1v) is 7.32. The highest BCUT2D eigenvalue weighted by Crippen LogP contribution is 2.31. The van der Waals surface area contributed by atoms with Gasteiger partial charge in [0.05, 0.1) is 0 Å². The van der Waals surface area contributed by atoms with Crippen LogP contribution in [0.25, 0.3) is 0 Å². The lowest BCUT2D eigenvalue weighted by Crippen LogP contribution is -2.14. The fourth-order valence-electron chi connectivity index (χ4n) is 1.49. The second kappa shape index (κ2) is 6.82. The van der Waals surface area contributed by atoms with Gasteiger partial charge in [-0.05, 0) is 48.3 Å². The number of halogens is 1. The number of hydrogen-bond donors (Lipinski definition) is 1. The van der Waals surface area contributed by atoms with E-state index in [1.165, 1.54) is 35.7 Å². The minimum Gasteiger partial charge on any atom is -0.313 e. The highest BCUT2D eigenvalue weighted by Gasteiger charge is 2.07. The highest BCUT2D eigenvalue weighted by molar-refractivity contribution is 8.01. The van der Waals surface area contributed by atoms with E-state index in [-0.39, 0.29) is 5.82 Å². The Labute approximate surface area is 114 Å². The van der Waals surface area contributed by atoms with Crippen LogP contribution >= 0.6 is 23.3 Å². The van der Waals surface area contributed by atoms with Crippen LogP contribution < -0.4 is 5.32 Å². The summed E-state index contributed by atoms with van der Waals surface area (Å²) in [6.45, 7) is 3.71. The number of rotatable bonds is 6. The summed E-state index contributed by atoms with van der Waals surface area (Å²) in [6, 6.07) is 4.85. The minimum absolute atomic E-state index is 0.204. The van der Waals surface area contributed by atoms with Gasteiger partial charge in [-0.25, -0.2) is 9.37 Å². The molecule has 1 N–H and O–H groups in total. The van der Waals surface area contributed by atoms with E-state index in [1.807, 2.05) is 0 Å². The average Bonchev–Trinajstić information content (AvgIpc) is 2.86. The Morgan fingerprint density at radius 2 is 2.33 bits per heavy atom. The molecule has 3 nitrogen and oxygen atoms in total. The average molecular weight is 283 g/mol. The largest absolute Gasteiger partial charge is 0.313 e. The number of nitrogens with one attached hydrogen (secondary N) is 1. The van der Waals surface area contributed by atoms with Crippen molar-refractivity contribution in [3.63, 3.8) is 0 Å². The van der Waals surface area contributed by atoms with E-state index < -0.39 is 0 Å². The van der Waals surface area contributed by atoms with E-state index in [1.54, 1.807) is 12.1 Å². The van der Waals surface area contributed by atoms with Crippen LogP contribution in [-0.2, 0) is 6.54 Å². The predicted molar refractivity (Wildman–Crippen MR) is 72.4 cm³/mol. The van der Waals surface area contributed by atoms with Crippen molar-refractivity contribution in [2.24, 2.45) is 0 Å². The zero-order valence-corrected chi connectivity index (χ0v) is 11.7. The highest BCUT2D eigenvalue weighted by atomic mass is 32.2. The monoisotopic (exact) mass is 283 g/mol. The van der Waals surface area contributed by atoms with Crippen LogP contribution in [0.5, 0.6) is 0 Å². The van der Waals surface area contributed by atoms with Crippen LogP contribution in [0.1, 0.15) is 18.9 Å². The van der Waals surface area contributed by atoms with Gasteiger partial charge < -0.3 is 5.32 Å². The Hall–Kier alpha value is -0.980. The maximum Gasteiger partial charge on any atom is 0.174 e. The molecule has 2 rings (SSSR count). The van der Waals surface area contributed by atoms with Gasteiger partial charge in [0.25, 0.3) is 0 Å². The molecular weight excluding hydrogens is 269 g/mol. The van der Waals surface area contributed by atoms with Crippen LogP contribution in [0.2, 0.25) is 0 Å². The van der Waals surface area contributed by atoms with Crippen LogP contribution in [0.15, 0.2) is 33.8 Å². The molecule has 0 radical (unpaired) electrons. The standard InChI is InChI=1S/C12H14FN3S2/c1-2-5-14-7-9-6-10(13)3-4-11(9)17-12-15-8-16-18-12/h3-4,6,8,14H,2,5,7H2,1H3. The summed E-state index contributed by atoms with van der Waals surface area (Å²) in [6.07, 6.45) is 2.60. The van der Waals surface area contributed by atoms with Crippen molar-refractivity contribution < 1.29 is 4.39 Å². The van der Waals surface area contributed by atoms with E-state index in [2.05, 4.69) is 21.6 Å². The molecule has 0 amide bonds. The van der Waals surface area contributed by atoms with Gasteiger partial charge in [0.15, 0.2) is 4.34 Å². The third-order valence-corrected chi connectivity index (χ3v) is 4.14. The molecule has 1 aromatic carbocycles. The summed E-state index contributed by atoms with van der Waals surface area (Å²) in [4.78, 5) is 5.15. The molecule has 1 heterocycles. The summed E-state index contributed by atoms with van der Waals surface area (Å²) in [5.41, 5.74) is 0.962. The lowest BCUT2D eigenvalue weighted by atomic mass is 10.2. The molecule has 0 aliphatic rings. The topological polar surface area (TPSA) is 37.8 Å². The smallest absolute Gasteiger partial charge is 0.174 e. The Balaban J connectivity index is 2.12. The molecular formula is C12H14FN3S2.